The van der Waals surface area contributed by atoms with Crippen molar-refractivity contribution in [1.29, 1.82) is 0 Å². The van der Waals surface area contributed by atoms with Crippen molar-refractivity contribution in [2.45, 2.75) is 143 Å². The molecule has 0 bridgehead atoms. The van der Waals surface area contributed by atoms with Gasteiger partial charge in [0.15, 0.2) is 6.29 Å². The average molecular weight is 579 g/mol. The van der Waals surface area contributed by atoms with E-state index >= 15 is 0 Å². The Morgan fingerprint density at radius 1 is 0.878 bits per heavy atom. The summed E-state index contributed by atoms with van der Waals surface area (Å²) in [7, 11) is 0. The summed E-state index contributed by atoms with van der Waals surface area (Å²) in [5.74, 6) is 0.997. The van der Waals surface area contributed by atoms with Gasteiger partial charge in [-0.05, 0) is 105 Å². The molecule has 2 saturated heterocycles. The molecule has 2 aliphatic heterocycles. The number of fused-ring (bicyclic) bond motifs is 5. The Morgan fingerprint density at radius 3 is 2.20 bits per heavy atom. The normalized spacial score (nSPS) is 52.2. The van der Waals surface area contributed by atoms with Gasteiger partial charge >= 0.3 is 0 Å². The lowest BCUT2D eigenvalue weighted by atomic mass is 9.43. The number of aliphatic hydroxyl groups excluding tert-OH is 4. The molecular weight excluding hydrogens is 520 g/mol. The van der Waals surface area contributed by atoms with E-state index in [4.69, 9.17) is 9.47 Å². The second kappa shape index (κ2) is 12.1. The summed E-state index contributed by atoms with van der Waals surface area (Å²) in [6.07, 6.45) is 6.10. The van der Waals surface area contributed by atoms with Crippen molar-refractivity contribution in [2.24, 2.45) is 58.2 Å². The molecule has 41 heavy (non-hydrogen) atoms. The van der Waals surface area contributed by atoms with Gasteiger partial charge < -0.3 is 29.9 Å². The average Bonchev–Trinajstić information content (AvgIpc) is 3.51. The first-order valence-corrected chi connectivity index (χ1v) is 16.8. The summed E-state index contributed by atoms with van der Waals surface area (Å²) in [6.45, 7) is 14.2. The van der Waals surface area contributed by atoms with Crippen LogP contribution in [0.15, 0.2) is 0 Å². The molecule has 6 rings (SSSR count). The van der Waals surface area contributed by atoms with Crippen LogP contribution in [0.3, 0.4) is 0 Å². The molecule has 10 unspecified atom stereocenters. The summed E-state index contributed by atoms with van der Waals surface area (Å²) in [4.78, 5) is 13.7. The first kappa shape index (κ1) is 31.8. The monoisotopic (exact) mass is 578 g/mol. The minimum Gasteiger partial charge on any atom is -0.393 e. The summed E-state index contributed by atoms with van der Waals surface area (Å²) in [6, 6.07) is 0. The van der Waals surface area contributed by atoms with E-state index in [0.29, 0.717) is 37.2 Å². The van der Waals surface area contributed by atoms with Crippen LogP contribution in [0, 0.1) is 58.2 Å². The highest BCUT2D eigenvalue weighted by molar-refractivity contribution is 5.85. The number of hydrogen-bond acceptors (Lipinski definition) is 7. The largest absolute Gasteiger partial charge is 0.393 e. The van der Waals surface area contributed by atoms with Crippen LogP contribution in [-0.4, -0.2) is 69.6 Å². The molecule has 0 spiro atoms. The molecular formula is C34H58O7. The molecule has 0 aromatic carbocycles. The highest BCUT2D eigenvalue weighted by Crippen LogP contribution is 2.67. The van der Waals surface area contributed by atoms with Gasteiger partial charge in [-0.15, -0.1) is 0 Å². The highest BCUT2D eigenvalue weighted by Gasteiger charge is 2.67. The van der Waals surface area contributed by atoms with Gasteiger partial charge in [-0.25, -0.2) is 0 Å². The van der Waals surface area contributed by atoms with E-state index in [2.05, 4.69) is 41.5 Å². The number of Topliss-reactive ketones (excluding diaryl/α,β-unsaturated/α-hetero) is 1. The molecule has 6 aliphatic rings. The van der Waals surface area contributed by atoms with Gasteiger partial charge in [-0.3, -0.25) is 4.79 Å². The van der Waals surface area contributed by atoms with E-state index in [9.17, 15) is 25.2 Å². The third-order valence-corrected chi connectivity index (χ3v) is 13.3. The first-order valence-electron chi connectivity index (χ1n) is 16.8. The van der Waals surface area contributed by atoms with Crippen LogP contribution in [0.5, 0.6) is 0 Å². The van der Waals surface area contributed by atoms with Crippen LogP contribution in [-0.2, 0) is 14.3 Å². The van der Waals surface area contributed by atoms with Crippen LogP contribution in [0.4, 0.5) is 0 Å². The lowest BCUT2D eigenvalue weighted by Crippen LogP contribution is -2.65. The number of carbonyl (C=O) groups excluding carboxylic acids is 1. The summed E-state index contributed by atoms with van der Waals surface area (Å²) in [5.41, 5.74) is -0.399. The van der Waals surface area contributed by atoms with Gasteiger partial charge in [0, 0.05) is 31.3 Å². The molecule has 4 saturated carbocycles. The predicted octanol–water partition coefficient (Wildman–Crippen LogP) is 4.72. The molecule has 0 aromatic heterocycles. The van der Waals surface area contributed by atoms with Crippen LogP contribution in [0.1, 0.15) is 106 Å². The number of hydrogen-bond donors (Lipinski definition) is 4. The van der Waals surface area contributed by atoms with E-state index in [-0.39, 0.29) is 58.2 Å². The highest BCUT2D eigenvalue weighted by atomic mass is 16.6. The van der Waals surface area contributed by atoms with Gasteiger partial charge in [0.25, 0.3) is 0 Å². The molecule has 0 aromatic rings. The zero-order valence-corrected chi connectivity index (χ0v) is 26.4. The second-order valence-electron chi connectivity index (χ2n) is 15.8. The Balaban J connectivity index is 0.000000500. The molecule has 7 heteroatoms. The van der Waals surface area contributed by atoms with Crippen molar-refractivity contribution in [3.63, 3.8) is 0 Å². The molecule has 0 amide bonds. The smallest absolute Gasteiger partial charge is 0.155 e. The molecule has 0 radical (unpaired) electrons. The molecule has 6 fully saturated rings. The number of ketones is 1. The molecule has 4 N–H and O–H groups in total. The van der Waals surface area contributed by atoms with Gasteiger partial charge in [0.1, 0.15) is 5.78 Å². The minimum atomic E-state index is -0.927. The number of carbonyl (C=O) groups is 1. The van der Waals surface area contributed by atoms with Gasteiger partial charge in [-0.2, -0.15) is 0 Å². The van der Waals surface area contributed by atoms with Crippen molar-refractivity contribution in [2.75, 3.05) is 6.61 Å². The van der Waals surface area contributed by atoms with Crippen molar-refractivity contribution < 1.29 is 34.7 Å². The van der Waals surface area contributed by atoms with Crippen molar-refractivity contribution in [1.82, 2.24) is 0 Å². The Hall–Kier alpha value is -0.570. The van der Waals surface area contributed by atoms with Crippen LogP contribution < -0.4 is 0 Å². The van der Waals surface area contributed by atoms with E-state index < -0.39 is 24.6 Å². The molecule has 236 valence electrons. The third kappa shape index (κ3) is 5.70. The fourth-order valence-corrected chi connectivity index (χ4v) is 10.7. The second-order valence-corrected chi connectivity index (χ2v) is 15.8. The van der Waals surface area contributed by atoms with Gasteiger partial charge in [-0.1, -0.05) is 34.6 Å². The van der Waals surface area contributed by atoms with Crippen LogP contribution in [0.25, 0.3) is 0 Å². The fourth-order valence-electron chi connectivity index (χ4n) is 10.7. The lowest BCUT2D eigenvalue weighted by Gasteiger charge is -2.63. The zero-order chi connectivity index (χ0) is 29.9. The maximum Gasteiger partial charge on any atom is 0.155 e. The van der Waals surface area contributed by atoms with E-state index in [1.165, 1.54) is 12.8 Å². The minimum absolute atomic E-state index is 0.0687. The van der Waals surface area contributed by atoms with Crippen molar-refractivity contribution >= 4 is 5.78 Å². The molecule has 15 atom stereocenters. The summed E-state index contributed by atoms with van der Waals surface area (Å²) in [5, 5.41) is 43.5. The molecule has 4 aliphatic carbocycles. The first-order chi connectivity index (χ1) is 19.3. The Labute approximate surface area is 247 Å². The van der Waals surface area contributed by atoms with Crippen molar-refractivity contribution in [3.05, 3.63) is 0 Å². The quantitative estimate of drug-likeness (QED) is 0.383. The van der Waals surface area contributed by atoms with Gasteiger partial charge in [0.2, 0.25) is 0 Å². The Morgan fingerprint density at radius 2 is 1.59 bits per heavy atom. The number of rotatable bonds is 3. The molecule has 7 nitrogen and oxygen atoms in total. The summed E-state index contributed by atoms with van der Waals surface area (Å²) >= 11 is 0. The van der Waals surface area contributed by atoms with Crippen LogP contribution >= 0.6 is 0 Å². The zero-order valence-electron chi connectivity index (χ0n) is 26.4. The van der Waals surface area contributed by atoms with Crippen molar-refractivity contribution in [3.8, 4) is 0 Å². The van der Waals surface area contributed by atoms with E-state index in [1.54, 1.807) is 0 Å². The van der Waals surface area contributed by atoms with Crippen LogP contribution in [0.2, 0.25) is 0 Å². The lowest BCUT2D eigenvalue weighted by molar-refractivity contribution is -0.227. The fraction of sp³-hybridized carbons (Fsp3) is 0.971. The van der Waals surface area contributed by atoms with E-state index in [0.717, 1.165) is 38.7 Å². The Kier molecular flexibility index (Phi) is 9.38. The SMILES string of the molecule is CC(C)C1CC(O)OC(C(C)C2CC(=O)C3C4C(CC[C@]23C)[C@@]2(C)CC[C@@H](O)CC2[C@@H](O)[C@@H]4O)C1.CC1CCCO1. The standard InChI is InChI=1S/C29H48O6.C5H10O/c1-14(2)16-10-22(35-23(32)11-16)15(3)19-13-21(31)25-24-18(7-9-29(19,25)5)28(4)8-6-17(30)12-20(28)26(33)27(24)34;1-5-3-2-4-6-5/h14-20,22-27,30,32-34H,6-13H2,1-5H3;5H,2-4H2,1H3/t15?,16?,17-,18?,19?,20?,22?,23?,24?,25?,26-,27-,28-,29-;/m1./s1. The van der Waals surface area contributed by atoms with E-state index in [1.807, 2.05) is 0 Å². The number of ether oxygens (including phenoxy) is 2. The number of aliphatic hydroxyl groups is 4. The third-order valence-electron chi connectivity index (χ3n) is 13.3. The summed E-state index contributed by atoms with van der Waals surface area (Å²) < 4.78 is 11.2. The maximum atomic E-state index is 13.7. The topological polar surface area (TPSA) is 116 Å². The Bertz CT molecular complexity index is 919. The maximum absolute atomic E-state index is 13.7. The predicted molar refractivity (Wildman–Crippen MR) is 157 cm³/mol. The van der Waals surface area contributed by atoms with Gasteiger partial charge in [0.05, 0.1) is 30.5 Å². The molecule has 2 heterocycles.